The zero-order valence-corrected chi connectivity index (χ0v) is 6.63. The van der Waals surface area contributed by atoms with E-state index in [0.717, 1.165) is 6.08 Å². The minimum atomic E-state index is -1.70. The van der Waals surface area contributed by atoms with Crippen LogP contribution in [-0.4, -0.2) is 11.7 Å². The average molecular weight is 173 g/mol. The first-order chi connectivity index (χ1) is 5.74. The molecule has 1 heterocycles. The first kappa shape index (κ1) is 8.93. The molecule has 0 aromatic carbocycles. The molecule has 0 saturated heterocycles. The quantitative estimate of drug-likeness (QED) is 0.684. The number of nitrogens with zero attached hydrogens (tertiary/aromatic N) is 1. The van der Waals surface area contributed by atoms with Gasteiger partial charge in [0.05, 0.1) is 0 Å². The molecule has 1 aromatic heterocycles. The highest BCUT2D eigenvalue weighted by Gasteiger charge is 1.98. The number of aromatic nitrogens is 1. The van der Waals surface area contributed by atoms with Crippen molar-refractivity contribution in [2.24, 2.45) is 0 Å². The molecule has 0 aliphatic carbocycles. The Labute approximate surface area is 69.1 Å². The summed E-state index contributed by atoms with van der Waals surface area (Å²) in [5, 5.41) is 0. The molecule has 2 nitrogen and oxygen atoms in total. The lowest BCUT2D eigenvalue weighted by molar-refractivity contribution is 0.131. The van der Waals surface area contributed by atoms with Gasteiger partial charge in [0.1, 0.15) is 6.73 Å². The highest BCUT2D eigenvalue weighted by Crippen LogP contribution is 2.09. The first-order valence-electron chi connectivity index (χ1n) is 3.41. The number of halogens is 2. The van der Waals surface area contributed by atoms with Gasteiger partial charge in [0.15, 0.2) is 0 Å². The van der Waals surface area contributed by atoms with Gasteiger partial charge >= 0.3 is 0 Å². The van der Waals surface area contributed by atoms with Crippen LogP contribution in [0.25, 0.3) is 6.08 Å². The summed E-state index contributed by atoms with van der Waals surface area (Å²) in [7, 11) is 1.51. The second-order valence-electron chi connectivity index (χ2n) is 2.25. The van der Waals surface area contributed by atoms with Crippen LogP contribution in [0.2, 0.25) is 0 Å². The molecular weight excluding hydrogens is 164 g/mol. The molecule has 0 radical (unpaired) electrons. The summed E-state index contributed by atoms with van der Waals surface area (Å²) in [6, 6.07) is 3.28. The number of rotatable bonds is 3. The van der Waals surface area contributed by atoms with Crippen molar-refractivity contribution in [3.63, 3.8) is 0 Å². The topological polar surface area (TPSA) is 14.2 Å². The van der Waals surface area contributed by atoms with Gasteiger partial charge in [-0.3, -0.25) is 0 Å². The molecule has 0 aliphatic rings. The molecule has 0 bridgehead atoms. The van der Waals surface area contributed by atoms with Crippen LogP contribution in [0.15, 0.2) is 24.4 Å². The summed E-state index contributed by atoms with van der Waals surface area (Å²) >= 11 is 0. The lowest BCUT2D eigenvalue weighted by Crippen LogP contribution is -1.99. The molecule has 0 fully saturated rings. The maximum atomic E-state index is 11.8. The normalized spacial score (nSPS) is 9.92. The molecule has 1 aromatic rings. The van der Waals surface area contributed by atoms with E-state index in [4.69, 9.17) is 4.74 Å². The second kappa shape index (κ2) is 4.01. The summed E-state index contributed by atoms with van der Waals surface area (Å²) < 4.78 is 30.0. The molecule has 0 saturated carbocycles. The maximum Gasteiger partial charge on any atom is 0.272 e. The summed E-state index contributed by atoms with van der Waals surface area (Å²) in [6.07, 6.45) is 0.781. The molecular formula is C8H9F2NO. The third-order valence-corrected chi connectivity index (χ3v) is 1.39. The summed E-state index contributed by atoms with van der Waals surface area (Å²) in [6.45, 7) is 0.284. The van der Waals surface area contributed by atoms with Crippen LogP contribution in [0.3, 0.4) is 0 Å². The van der Waals surface area contributed by atoms with Crippen LogP contribution < -0.4 is 0 Å². The van der Waals surface area contributed by atoms with Crippen molar-refractivity contribution >= 4 is 6.08 Å². The number of hydrogen-bond donors (Lipinski definition) is 0. The van der Waals surface area contributed by atoms with Gasteiger partial charge in [-0.05, 0) is 12.1 Å². The van der Waals surface area contributed by atoms with Crippen LogP contribution in [0.1, 0.15) is 5.69 Å². The van der Waals surface area contributed by atoms with Gasteiger partial charge in [-0.15, -0.1) is 0 Å². The Bertz CT molecular complexity index is 276. The number of methoxy groups -OCH3 is 1. The maximum absolute atomic E-state index is 11.8. The van der Waals surface area contributed by atoms with Gasteiger partial charge in [0.2, 0.25) is 0 Å². The zero-order valence-electron chi connectivity index (χ0n) is 6.63. The minimum Gasteiger partial charge on any atom is -0.364 e. The fraction of sp³-hybridized carbons (Fsp3) is 0.250. The smallest absolute Gasteiger partial charge is 0.272 e. The third-order valence-electron chi connectivity index (χ3n) is 1.39. The number of ether oxygens (including phenoxy) is 1. The largest absolute Gasteiger partial charge is 0.364 e. The van der Waals surface area contributed by atoms with Crippen LogP contribution in [0.5, 0.6) is 0 Å². The van der Waals surface area contributed by atoms with E-state index in [9.17, 15) is 8.78 Å². The standard InChI is InChI=1S/C8H9F2NO/c1-12-6-11-4-2-3-7(11)5-8(9)10/h2-5H,6H2,1H3. The Hall–Kier alpha value is -1.16. The van der Waals surface area contributed by atoms with Gasteiger partial charge in [0.25, 0.3) is 6.08 Å². The summed E-state index contributed by atoms with van der Waals surface area (Å²) in [5.41, 5.74) is 0.442. The lowest BCUT2D eigenvalue weighted by atomic mass is 10.4. The molecule has 0 amide bonds. The number of hydrogen-bond acceptors (Lipinski definition) is 1. The molecule has 12 heavy (non-hydrogen) atoms. The SMILES string of the molecule is COCn1cccc1C=C(F)F. The Balaban J connectivity index is 2.84. The van der Waals surface area contributed by atoms with Crippen molar-refractivity contribution in [2.45, 2.75) is 6.73 Å². The van der Waals surface area contributed by atoms with E-state index in [1.165, 1.54) is 7.11 Å². The predicted molar refractivity (Wildman–Crippen MR) is 41.6 cm³/mol. The van der Waals surface area contributed by atoms with Crippen molar-refractivity contribution < 1.29 is 13.5 Å². The zero-order chi connectivity index (χ0) is 8.97. The fourth-order valence-corrected chi connectivity index (χ4v) is 0.927. The van der Waals surface area contributed by atoms with Crippen LogP contribution >= 0.6 is 0 Å². The Morgan fingerprint density at radius 3 is 3.00 bits per heavy atom. The fourth-order valence-electron chi connectivity index (χ4n) is 0.927. The third kappa shape index (κ3) is 2.17. The van der Waals surface area contributed by atoms with E-state index in [1.54, 1.807) is 22.9 Å². The molecule has 4 heteroatoms. The van der Waals surface area contributed by atoms with Gasteiger partial charge in [-0.1, -0.05) is 0 Å². The lowest BCUT2D eigenvalue weighted by Gasteiger charge is -2.02. The van der Waals surface area contributed by atoms with Crippen molar-refractivity contribution in [1.29, 1.82) is 0 Å². The van der Waals surface area contributed by atoms with Crippen molar-refractivity contribution in [3.05, 3.63) is 30.1 Å². The minimum absolute atomic E-state index is 0.284. The summed E-state index contributed by atoms with van der Waals surface area (Å²) in [4.78, 5) is 0. The molecule has 0 spiro atoms. The second-order valence-corrected chi connectivity index (χ2v) is 2.25. The molecule has 0 aliphatic heterocycles. The Morgan fingerprint density at radius 1 is 1.67 bits per heavy atom. The molecule has 66 valence electrons. The van der Waals surface area contributed by atoms with E-state index in [0.29, 0.717) is 5.69 Å². The van der Waals surface area contributed by atoms with Crippen LogP contribution in [0, 0.1) is 0 Å². The highest BCUT2D eigenvalue weighted by atomic mass is 19.3. The predicted octanol–water partition coefficient (Wildman–Crippen LogP) is 2.33. The van der Waals surface area contributed by atoms with Crippen molar-refractivity contribution in [3.8, 4) is 0 Å². The molecule has 1 rings (SSSR count). The van der Waals surface area contributed by atoms with E-state index in [-0.39, 0.29) is 6.73 Å². The van der Waals surface area contributed by atoms with Crippen molar-refractivity contribution in [2.75, 3.05) is 7.11 Å². The monoisotopic (exact) mass is 173 g/mol. The van der Waals surface area contributed by atoms with E-state index in [2.05, 4.69) is 0 Å². The highest BCUT2D eigenvalue weighted by molar-refractivity contribution is 5.45. The molecule has 0 N–H and O–H groups in total. The van der Waals surface area contributed by atoms with E-state index in [1.807, 2.05) is 0 Å². The Kier molecular flexibility index (Phi) is 2.99. The van der Waals surface area contributed by atoms with Gasteiger partial charge < -0.3 is 9.30 Å². The average Bonchev–Trinajstić information content (AvgIpc) is 2.37. The molecule has 0 unspecified atom stereocenters. The van der Waals surface area contributed by atoms with E-state index < -0.39 is 6.08 Å². The van der Waals surface area contributed by atoms with Gasteiger partial charge in [0, 0.05) is 25.1 Å². The molecule has 0 atom stereocenters. The van der Waals surface area contributed by atoms with Crippen LogP contribution in [0.4, 0.5) is 8.78 Å². The van der Waals surface area contributed by atoms with Gasteiger partial charge in [-0.2, -0.15) is 8.78 Å². The summed E-state index contributed by atoms with van der Waals surface area (Å²) in [5.74, 6) is 0. The Morgan fingerprint density at radius 2 is 2.42 bits per heavy atom. The van der Waals surface area contributed by atoms with Gasteiger partial charge in [-0.25, -0.2) is 0 Å². The van der Waals surface area contributed by atoms with Crippen molar-refractivity contribution in [1.82, 2.24) is 4.57 Å². The van der Waals surface area contributed by atoms with E-state index >= 15 is 0 Å². The first-order valence-corrected chi connectivity index (χ1v) is 3.41. The van der Waals surface area contributed by atoms with Crippen LogP contribution in [-0.2, 0) is 11.5 Å².